The molecule has 1 heterocycles. The van der Waals surface area contributed by atoms with Gasteiger partial charge >= 0.3 is 0 Å². The molecule has 0 fully saturated rings. The molecule has 0 saturated heterocycles. The summed E-state index contributed by atoms with van der Waals surface area (Å²) < 4.78 is 33.2. The summed E-state index contributed by atoms with van der Waals surface area (Å²) in [5.74, 6) is 0.156. The van der Waals surface area contributed by atoms with Gasteiger partial charge in [-0.15, -0.1) is 0 Å². The Labute approximate surface area is 191 Å². The van der Waals surface area contributed by atoms with Crippen molar-refractivity contribution in [1.82, 2.24) is 4.98 Å². The molecule has 0 radical (unpaired) electrons. The van der Waals surface area contributed by atoms with Gasteiger partial charge in [0.25, 0.3) is 0 Å². The highest BCUT2D eigenvalue weighted by molar-refractivity contribution is 9.10. The van der Waals surface area contributed by atoms with Crippen LogP contribution in [0.4, 0.5) is 11.6 Å². The molecule has 0 aliphatic heterocycles. The first-order chi connectivity index (χ1) is 14.3. The molecule has 0 bridgehead atoms. The predicted molar refractivity (Wildman–Crippen MR) is 121 cm³/mol. The van der Waals surface area contributed by atoms with Crippen molar-refractivity contribution >= 4 is 60.5 Å². The van der Waals surface area contributed by atoms with Gasteiger partial charge in [0.05, 0.1) is 4.90 Å². The molecule has 0 saturated carbocycles. The Balaban J connectivity index is 1.83. The third-order valence-corrected chi connectivity index (χ3v) is 6.88. The van der Waals surface area contributed by atoms with E-state index in [1.165, 1.54) is 12.1 Å². The number of halogens is 3. The van der Waals surface area contributed by atoms with Crippen molar-refractivity contribution < 1.29 is 12.8 Å². The van der Waals surface area contributed by atoms with Crippen LogP contribution in [0, 0.1) is 0 Å². The van der Waals surface area contributed by atoms with Crippen LogP contribution in [-0.4, -0.2) is 13.4 Å². The number of hydrogen-bond donors (Lipinski definition) is 1. The molecular weight excluding hydrogens is 511 g/mol. The fourth-order valence-electron chi connectivity index (χ4n) is 2.67. The van der Waals surface area contributed by atoms with Crippen molar-refractivity contribution in [3.8, 4) is 11.5 Å². The Morgan fingerprint density at radius 1 is 0.833 bits per heavy atom. The van der Waals surface area contributed by atoms with E-state index in [0.717, 1.165) is 4.47 Å². The van der Waals surface area contributed by atoms with Crippen LogP contribution in [-0.2, 0) is 9.84 Å². The molecule has 0 aliphatic carbocycles. The van der Waals surface area contributed by atoms with Crippen molar-refractivity contribution in [3.05, 3.63) is 87.3 Å². The van der Waals surface area contributed by atoms with Gasteiger partial charge in [0.1, 0.15) is 0 Å². The number of oxazole rings is 1. The molecule has 4 aromatic rings. The Morgan fingerprint density at radius 2 is 1.40 bits per heavy atom. The van der Waals surface area contributed by atoms with Gasteiger partial charge in [0, 0.05) is 25.8 Å². The Hall–Kier alpha value is -2.32. The largest absolute Gasteiger partial charge is 0.419 e. The van der Waals surface area contributed by atoms with Gasteiger partial charge < -0.3 is 9.73 Å². The highest BCUT2D eigenvalue weighted by atomic mass is 79.9. The molecule has 1 N–H and O–H groups in total. The molecule has 0 amide bonds. The van der Waals surface area contributed by atoms with Crippen molar-refractivity contribution in [2.45, 2.75) is 9.92 Å². The zero-order valence-corrected chi connectivity index (χ0v) is 19.1. The van der Waals surface area contributed by atoms with Crippen LogP contribution >= 0.6 is 39.1 Å². The lowest BCUT2D eigenvalue weighted by atomic mass is 10.2. The molecule has 30 heavy (non-hydrogen) atoms. The summed E-state index contributed by atoms with van der Waals surface area (Å²) in [5, 5.41) is 3.88. The molecule has 0 aliphatic rings. The van der Waals surface area contributed by atoms with Crippen molar-refractivity contribution in [1.29, 1.82) is 0 Å². The summed E-state index contributed by atoms with van der Waals surface area (Å²) in [6.07, 6.45) is 0. The van der Waals surface area contributed by atoms with Crippen LogP contribution in [0.1, 0.15) is 0 Å². The zero-order chi connectivity index (χ0) is 21.3. The van der Waals surface area contributed by atoms with Crippen molar-refractivity contribution in [2.75, 3.05) is 5.32 Å². The second-order valence-electron chi connectivity index (χ2n) is 6.25. The van der Waals surface area contributed by atoms with E-state index in [1.54, 1.807) is 60.7 Å². The first-order valence-corrected chi connectivity index (χ1v) is 11.7. The SMILES string of the molecule is O=S(=O)(c1ccc(Br)cc1)c1nc(-c2ccc(Cl)cc2)oc1Nc1ccc(Cl)cc1. The number of nitrogens with one attached hydrogen (secondary N) is 1. The first-order valence-electron chi connectivity index (χ1n) is 8.63. The fraction of sp³-hybridized carbons (Fsp3) is 0. The standard InChI is InChI=1S/C21H13BrCl2N2O3S/c22-14-3-11-18(12-4-14)30(27,28)21-20(25-17-9-7-16(24)8-10-17)29-19(26-21)13-1-5-15(23)6-2-13/h1-12,25H. The summed E-state index contributed by atoms with van der Waals surface area (Å²) in [6, 6.07) is 19.9. The number of benzene rings is 3. The van der Waals surface area contributed by atoms with Gasteiger partial charge in [0.2, 0.25) is 26.6 Å². The van der Waals surface area contributed by atoms with E-state index < -0.39 is 9.84 Å². The molecule has 3 aromatic carbocycles. The first kappa shape index (κ1) is 20.9. The van der Waals surface area contributed by atoms with Crippen molar-refractivity contribution in [2.24, 2.45) is 0 Å². The molecule has 5 nitrogen and oxygen atoms in total. The second-order valence-corrected chi connectivity index (χ2v) is 9.90. The molecule has 0 atom stereocenters. The number of nitrogens with zero attached hydrogens (tertiary/aromatic N) is 1. The van der Waals surface area contributed by atoms with Gasteiger partial charge in [0.15, 0.2) is 0 Å². The minimum atomic E-state index is -3.95. The maximum atomic E-state index is 13.3. The average molecular weight is 524 g/mol. The minimum absolute atomic E-state index is 0.00481. The minimum Gasteiger partial charge on any atom is -0.419 e. The number of rotatable bonds is 5. The normalized spacial score (nSPS) is 11.4. The van der Waals surface area contributed by atoms with Gasteiger partial charge in [-0.25, -0.2) is 8.42 Å². The molecule has 0 unspecified atom stereocenters. The Kier molecular flexibility index (Phi) is 5.88. The van der Waals surface area contributed by atoms with Gasteiger partial charge in [-0.05, 0) is 72.8 Å². The highest BCUT2D eigenvalue weighted by Gasteiger charge is 2.28. The lowest BCUT2D eigenvalue weighted by Gasteiger charge is -2.06. The van der Waals surface area contributed by atoms with E-state index in [2.05, 4.69) is 26.2 Å². The van der Waals surface area contributed by atoms with Crippen molar-refractivity contribution in [3.63, 3.8) is 0 Å². The summed E-state index contributed by atoms with van der Waals surface area (Å²) in [6.45, 7) is 0. The summed E-state index contributed by atoms with van der Waals surface area (Å²) >= 11 is 15.2. The van der Waals surface area contributed by atoms with Gasteiger partial charge in [-0.2, -0.15) is 4.98 Å². The van der Waals surface area contributed by atoms with Gasteiger partial charge in [-0.3, -0.25) is 0 Å². The number of hydrogen-bond acceptors (Lipinski definition) is 5. The maximum absolute atomic E-state index is 13.3. The highest BCUT2D eigenvalue weighted by Crippen LogP contribution is 2.35. The lowest BCUT2D eigenvalue weighted by Crippen LogP contribution is -2.05. The predicted octanol–water partition coefficient (Wildman–Crippen LogP) is 6.99. The Morgan fingerprint density at radius 3 is 2.00 bits per heavy atom. The third-order valence-electron chi connectivity index (χ3n) is 4.17. The maximum Gasteiger partial charge on any atom is 0.238 e. The van der Waals surface area contributed by atoms with E-state index in [9.17, 15) is 8.42 Å². The van der Waals surface area contributed by atoms with E-state index in [-0.39, 0.29) is 21.7 Å². The van der Waals surface area contributed by atoms with E-state index in [1.807, 2.05) is 0 Å². The molecule has 1 aromatic heterocycles. The fourth-order valence-corrected chi connectivity index (χ4v) is 4.45. The number of aromatic nitrogens is 1. The molecule has 152 valence electrons. The molecule has 9 heteroatoms. The number of sulfone groups is 1. The molecular formula is C21H13BrCl2N2O3S. The van der Waals surface area contributed by atoms with E-state index in [4.69, 9.17) is 27.6 Å². The van der Waals surface area contributed by atoms with Crippen LogP contribution in [0.2, 0.25) is 10.0 Å². The monoisotopic (exact) mass is 522 g/mol. The van der Waals surface area contributed by atoms with E-state index in [0.29, 0.717) is 21.3 Å². The van der Waals surface area contributed by atoms with E-state index >= 15 is 0 Å². The summed E-state index contributed by atoms with van der Waals surface area (Å²) in [7, 11) is -3.95. The average Bonchev–Trinajstić information content (AvgIpc) is 3.15. The van der Waals surface area contributed by atoms with Gasteiger partial charge in [-0.1, -0.05) is 39.1 Å². The van der Waals surface area contributed by atoms with Crippen LogP contribution in [0.3, 0.4) is 0 Å². The van der Waals surface area contributed by atoms with Crippen LogP contribution < -0.4 is 5.32 Å². The summed E-state index contributed by atoms with van der Waals surface area (Å²) in [5.41, 5.74) is 1.20. The second kappa shape index (κ2) is 8.43. The van der Waals surface area contributed by atoms with Crippen LogP contribution in [0.15, 0.2) is 91.6 Å². The quantitative estimate of drug-likeness (QED) is 0.305. The zero-order valence-electron chi connectivity index (χ0n) is 15.1. The van der Waals surface area contributed by atoms with Crippen LogP contribution in [0.25, 0.3) is 11.5 Å². The third kappa shape index (κ3) is 4.39. The topological polar surface area (TPSA) is 72.2 Å². The molecule has 4 rings (SSSR count). The smallest absolute Gasteiger partial charge is 0.238 e. The lowest BCUT2D eigenvalue weighted by molar-refractivity contribution is 0.582. The number of anilines is 2. The Bertz CT molecular complexity index is 1290. The summed E-state index contributed by atoms with van der Waals surface area (Å²) in [4.78, 5) is 4.39. The molecule has 0 spiro atoms. The van der Waals surface area contributed by atoms with Crippen LogP contribution in [0.5, 0.6) is 0 Å².